The van der Waals surface area contributed by atoms with E-state index in [2.05, 4.69) is 21.4 Å². The number of rotatable bonds is 1. The quantitative estimate of drug-likeness (QED) is 0.743. The van der Waals surface area contributed by atoms with Gasteiger partial charge in [0.15, 0.2) is 5.92 Å². The van der Waals surface area contributed by atoms with Gasteiger partial charge in [-0.05, 0) is 29.8 Å². The Hall–Kier alpha value is -3.20. The first-order valence-corrected chi connectivity index (χ1v) is 6.87. The average molecular weight is 289 g/mol. The lowest BCUT2D eigenvalue weighted by atomic mass is 9.92. The normalized spacial score (nSPS) is 20.2. The van der Waals surface area contributed by atoms with Gasteiger partial charge in [0, 0.05) is 12.4 Å². The summed E-state index contributed by atoms with van der Waals surface area (Å²) in [5.74, 6) is -0.667. The van der Waals surface area contributed by atoms with E-state index in [1.165, 1.54) is 0 Å². The Bertz CT molecular complexity index is 909. The summed E-state index contributed by atoms with van der Waals surface area (Å²) in [6.45, 7) is 0. The molecule has 2 aromatic heterocycles. The molecule has 106 valence electrons. The number of para-hydroxylation sites is 2. The van der Waals surface area contributed by atoms with Gasteiger partial charge in [-0.1, -0.05) is 12.1 Å². The van der Waals surface area contributed by atoms with Crippen molar-refractivity contribution in [1.82, 2.24) is 14.5 Å². The number of imidazole rings is 1. The van der Waals surface area contributed by atoms with Crippen LogP contribution in [0.3, 0.4) is 0 Å². The number of nitriles is 1. The van der Waals surface area contributed by atoms with E-state index in [0.29, 0.717) is 5.95 Å². The third-order valence-corrected chi connectivity index (χ3v) is 3.89. The summed E-state index contributed by atoms with van der Waals surface area (Å²) in [6, 6.07) is 13.0. The summed E-state index contributed by atoms with van der Waals surface area (Å²) in [5.41, 5.74) is 2.54. The van der Waals surface area contributed by atoms with Crippen LogP contribution in [0.5, 0.6) is 0 Å². The maximum atomic E-state index is 12.2. The Labute approximate surface area is 126 Å². The maximum Gasteiger partial charge on any atom is 0.246 e. The van der Waals surface area contributed by atoms with Crippen LogP contribution in [-0.2, 0) is 4.79 Å². The summed E-state index contributed by atoms with van der Waals surface area (Å²) in [5, 5.41) is 12.2. The molecule has 1 N–H and O–H groups in total. The van der Waals surface area contributed by atoms with Gasteiger partial charge < -0.3 is 4.57 Å². The number of amides is 1. The lowest BCUT2D eigenvalue weighted by molar-refractivity contribution is -0.119. The number of hydrogen-bond acceptors (Lipinski definition) is 4. The molecule has 0 bridgehead atoms. The van der Waals surface area contributed by atoms with Crippen LogP contribution in [0.4, 0.5) is 5.95 Å². The van der Waals surface area contributed by atoms with Gasteiger partial charge in [0.25, 0.3) is 0 Å². The molecule has 3 aromatic rings. The molecule has 4 rings (SSSR count). The Morgan fingerprint density at radius 2 is 1.95 bits per heavy atom. The fraction of sp³-hybridized carbons (Fsp3) is 0.125. The number of pyridine rings is 1. The number of anilines is 1. The zero-order valence-electron chi connectivity index (χ0n) is 11.5. The predicted molar refractivity (Wildman–Crippen MR) is 79.8 cm³/mol. The van der Waals surface area contributed by atoms with Gasteiger partial charge in [0.2, 0.25) is 11.9 Å². The lowest BCUT2D eigenvalue weighted by Crippen LogP contribution is -2.37. The standard InChI is InChI=1S/C16H11N5O/c17-9-11-14(10-5-7-18-8-6-10)21-13-4-2-1-3-12(13)19-16(21)20-15(11)22/h1-8,11,14H,(H,19,20,22)/t11-,14-/m1/s1. The fourth-order valence-corrected chi connectivity index (χ4v) is 2.93. The Balaban J connectivity index is 2.03. The fourth-order valence-electron chi connectivity index (χ4n) is 2.93. The van der Waals surface area contributed by atoms with E-state index >= 15 is 0 Å². The molecular formula is C16H11N5O. The highest BCUT2D eigenvalue weighted by Crippen LogP contribution is 2.37. The van der Waals surface area contributed by atoms with E-state index in [1.807, 2.05) is 41.0 Å². The summed E-state index contributed by atoms with van der Waals surface area (Å²) in [4.78, 5) is 20.7. The first kappa shape index (κ1) is 12.5. The van der Waals surface area contributed by atoms with Crippen molar-refractivity contribution in [3.8, 4) is 6.07 Å². The molecule has 0 fully saturated rings. The molecule has 3 heterocycles. The monoisotopic (exact) mass is 289 g/mol. The molecule has 0 saturated carbocycles. The number of carbonyl (C=O) groups is 1. The SMILES string of the molecule is N#C[C@H]1C(=O)Nc2nc3ccccc3n2[C@@H]1c1ccncc1. The molecule has 1 aliphatic rings. The number of nitrogens with zero attached hydrogens (tertiary/aromatic N) is 4. The van der Waals surface area contributed by atoms with Crippen molar-refractivity contribution in [2.75, 3.05) is 5.32 Å². The highest BCUT2D eigenvalue weighted by Gasteiger charge is 2.38. The molecule has 1 aliphatic heterocycles. The molecule has 0 saturated heterocycles. The van der Waals surface area contributed by atoms with Gasteiger partial charge in [0.05, 0.1) is 23.1 Å². The van der Waals surface area contributed by atoms with E-state index < -0.39 is 12.0 Å². The first-order valence-electron chi connectivity index (χ1n) is 6.87. The van der Waals surface area contributed by atoms with Crippen LogP contribution < -0.4 is 5.32 Å². The minimum atomic E-state index is -0.812. The van der Waals surface area contributed by atoms with Crippen LogP contribution in [0.1, 0.15) is 11.6 Å². The van der Waals surface area contributed by atoms with Gasteiger partial charge in [-0.25, -0.2) is 4.98 Å². The molecule has 6 heteroatoms. The summed E-state index contributed by atoms with van der Waals surface area (Å²) in [6.07, 6.45) is 3.32. The number of fused-ring (bicyclic) bond motifs is 3. The smallest absolute Gasteiger partial charge is 0.246 e. The van der Waals surface area contributed by atoms with Gasteiger partial charge in [-0.3, -0.25) is 15.1 Å². The van der Waals surface area contributed by atoms with E-state index in [4.69, 9.17) is 0 Å². The third kappa shape index (κ3) is 1.69. The van der Waals surface area contributed by atoms with Crippen molar-refractivity contribution in [3.63, 3.8) is 0 Å². The predicted octanol–water partition coefficient (Wildman–Crippen LogP) is 2.11. The maximum absolute atomic E-state index is 12.2. The minimum absolute atomic E-state index is 0.327. The number of benzene rings is 1. The van der Waals surface area contributed by atoms with E-state index in [1.54, 1.807) is 12.4 Å². The second kappa shape index (κ2) is 4.67. The highest BCUT2D eigenvalue weighted by atomic mass is 16.2. The van der Waals surface area contributed by atoms with E-state index in [-0.39, 0.29) is 5.91 Å². The van der Waals surface area contributed by atoms with Gasteiger partial charge in [-0.2, -0.15) is 5.26 Å². The number of carbonyl (C=O) groups excluding carboxylic acids is 1. The number of nitrogens with one attached hydrogen (secondary N) is 1. The van der Waals surface area contributed by atoms with Crippen LogP contribution in [-0.4, -0.2) is 20.4 Å². The Morgan fingerprint density at radius 1 is 1.18 bits per heavy atom. The summed E-state index contributed by atoms with van der Waals surface area (Å²) >= 11 is 0. The van der Waals surface area contributed by atoms with Crippen LogP contribution in [0.2, 0.25) is 0 Å². The number of aromatic nitrogens is 3. The number of hydrogen-bond donors (Lipinski definition) is 1. The average Bonchev–Trinajstić information content (AvgIpc) is 2.92. The van der Waals surface area contributed by atoms with Crippen molar-refractivity contribution < 1.29 is 4.79 Å². The molecule has 6 nitrogen and oxygen atoms in total. The second-order valence-electron chi connectivity index (χ2n) is 5.12. The van der Waals surface area contributed by atoms with Crippen LogP contribution >= 0.6 is 0 Å². The largest absolute Gasteiger partial charge is 0.300 e. The summed E-state index contributed by atoms with van der Waals surface area (Å²) < 4.78 is 1.92. The van der Waals surface area contributed by atoms with Crippen LogP contribution in [0.25, 0.3) is 11.0 Å². The van der Waals surface area contributed by atoms with Gasteiger partial charge in [0.1, 0.15) is 0 Å². The zero-order chi connectivity index (χ0) is 15.1. The van der Waals surface area contributed by atoms with Crippen LogP contribution in [0, 0.1) is 17.2 Å². The second-order valence-corrected chi connectivity index (χ2v) is 5.12. The molecular weight excluding hydrogens is 278 g/mol. The molecule has 0 aliphatic carbocycles. The molecule has 0 unspecified atom stereocenters. The topological polar surface area (TPSA) is 83.6 Å². The molecule has 22 heavy (non-hydrogen) atoms. The first-order chi connectivity index (χ1) is 10.8. The van der Waals surface area contributed by atoms with Gasteiger partial charge >= 0.3 is 0 Å². The third-order valence-electron chi connectivity index (χ3n) is 3.89. The zero-order valence-corrected chi connectivity index (χ0v) is 11.5. The molecule has 1 aromatic carbocycles. The molecule has 1 amide bonds. The Morgan fingerprint density at radius 3 is 2.73 bits per heavy atom. The summed E-state index contributed by atoms with van der Waals surface area (Å²) in [7, 11) is 0. The van der Waals surface area contributed by atoms with Crippen molar-refractivity contribution in [2.24, 2.45) is 5.92 Å². The van der Waals surface area contributed by atoms with E-state index in [0.717, 1.165) is 16.6 Å². The molecule has 2 atom stereocenters. The van der Waals surface area contributed by atoms with Crippen molar-refractivity contribution in [2.45, 2.75) is 6.04 Å². The minimum Gasteiger partial charge on any atom is -0.300 e. The molecule has 0 radical (unpaired) electrons. The molecule has 0 spiro atoms. The highest BCUT2D eigenvalue weighted by molar-refractivity contribution is 5.97. The van der Waals surface area contributed by atoms with Crippen molar-refractivity contribution in [1.29, 1.82) is 5.26 Å². The van der Waals surface area contributed by atoms with E-state index in [9.17, 15) is 10.1 Å². The van der Waals surface area contributed by atoms with Gasteiger partial charge in [-0.15, -0.1) is 0 Å². The lowest BCUT2D eigenvalue weighted by Gasteiger charge is -2.29. The Kier molecular flexibility index (Phi) is 2.66. The van der Waals surface area contributed by atoms with Crippen molar-refractivity contribution >= 4 is 22.9 Å². The van der Waals surface area contributed by atoms with Crippen molar-refractivity contribution in [3.05, 3.63) is 54.4 Å². The van der Waals surface area contributed by atoms with Crippen LogP contribution in [0.15, 0.2) is 48.8 Å².